The number of aliphatic hydroxyl groups is 1. The topological polar surface area (TPSA) is 26.7 Å². The summed E-state index contributed by atoms with van der Waals surface area (Å²) in [6.07, 6.45) is 3.98. The Hall–Kier alpha value is -0.120. The molecule has 0 aromatic rings. The zero-order chi connectivity index (χ0) is 9.97. The lowest BCUT2D eigenvalue weighted by Gasteiger charge is -2.43. The van der Waals surface area contributed by atoms with Crippen LogP contribution in [0.15, 0.2) is 0 Å². The van der Waals surface area contributed by atoms with Crippen molar-refractivity contribution < 1.29 is 5.11 Å². The summed E-state index contributed by atoms with van der Waals surface area (Å²) in [7, 11) is 0. The lowest BCUT2D eigenvalue weighted by molar-refractivity contribution is 0.0397. The van der Waals surface area contributed by atoms with Gasteiger partial charge in [0.2, 0.25) is 0 Å². The smallest absolute Gasteiger partial charge is 0.0558 e. The maximum absolute atomic E-state index is 8.96. The van der Waals surface area contributed by atoms with Crippen molar-refractivity contribution in [1.82, 2.24) is 9.80 Å². The molecule has 2 unspecified atom stereocenters. The molecular formula is C11H22N2O. The molecule has 14 heavy (non-hydrogen) atoms. The van der Waals surface area contributed by atoms with Gasteiger partial charge in [-0.15, -0.1) is 0 Å². The maximum Gasteiger partial charge on any atom is 0.0558 e. The Morgan fingerprint density at radius 3 is 2.93 bits per heavy atom. The van der Waals surface area contributed by atoms with Gasteiger partial charge in [-0.2, -0.15) is 0 Å². The van der Waals surface area contributed by atoms with Gasteiger partial charge in [0.15, 0.2) is 0 Å². The average Bonchev–Trinajstić information content (AvgIpc) is 2.65. The second-order valence-electron chi connectivity index (χ2n) is 4.58. The number of piperazine rings is 1. The van der Waals surface area contributed by atoms with Gasteiger partial charge < -0.3 is 5.11 Å². The van der Waals surface area contributed by atoms with Gasteiger partial charge in [0.1, 0.15) is 0 Å². The molecule has 2 aliphatic heterocycles. The van der Waals surface area contributed by atoms with E-state index in [0.717, 1.165) is 25.2 Å². The number of hydrogen-bond acceptors (Lipinski definition) is 3. The van der Waals surface area contributed by atoms with Crippen molar-refractivity contribution in [2.75, 3.05) is 32.8 Å². The summed E-state index contributed by atoms with van der Waals surface area (Å²) in [4.78, 5) is 5.12. The Bertz CT molecular complexity index is 186. The minimum Gasteiger partial charge on any atom is -0.395 e. The van der Waals surface area contributed by atoms with E-state index in [1.165, 1.54) is 32.4 Å². The fourth-order valence-electron chi connectivity index (χ4n) is 3.00. The fourth-order valence-corrected chi connectivity index (χ4v) is 3.00. The van der Waals surface area contributed by atoms with Gasteiger partial charge in [-0.1, -0.05) is 6.92 Å². The molecule has 2 aliphatic rings. The minimum atomic E-state index is 0.309. The van der Waals surface area contributed by atoms with Crippen LogP contribution in [0, 0.1) is 0 Å². The molecule has 0 radical (unpaired) electrons. The predicted molar refractivity (Wildman–Crippen MR) is 57.3 cm³/mol. The lowest BCUT2D eigenvalue weighted by Crippen LogP contribution is -2.56. The van der Waals surface area contributed by atoms with Crippen LogP contribution in [-0.4, -0.2) is 59.8 Å². The molecule has 2 saturated heterocycles. The Balaban J connectivity index is 1.96. The quantitative estimate of drug-likeness (QED) is 0.717. The monoisotopic (exact) mass is 198 g/mol. The fraction of sp³-hybridized carbons (Fsp3) is 1.00. The summed E-state index contributed by atoms with van der Waals surface area (Å²) in [6, 6.07) is 1.52. The standard InChI is InChI=1S/C11H22N2O/c1-2-10-8-12(6-7-14)9-11-4-3-5-13(10)11/h10-11,14H,2-9H2,1H3. The van der Waals surface area contributed by atoms with E-state index in [1.54, 1.807) is 0 Å². The van der Waals surface area contributed by atoms with Crippen molar-refractivity contribution in [1.29, 1.82) is 0 Å². The Labute approximate surface area is 86.7 Å². The molecular weight excluding hydrogens is 176 g/mol. The Morgan fingerprint density at radius 2 is 2.21 bits per heavy atom. The third-order valence-electron chi connectivity index (χ3n) is 3.72. The Kier molecular flexibility index (Phi) is 3.42. The van der Waals surface area contributed by atoms with Crippen molar-refractivity contribution in [3.8, 4) is 0 Å². The molecule has 0 aromatic heterocycles. The van der Waals surface area contributed by atoms with Crippen LogP contribution in [0.3, 0.4) is 0 Å². The highest BCUT2D eigenvalue weighted by Crippen LogP contribution is 2.26. The van der Waals surface area contributed by atoms with Gasteiger partial charge in [0.05, 0.1) is 6.61 Å². The average molecular weight is 198 g/mol. The zero-order valence-corrected chi connectivity index (χ0v) is 9.15. The molecule has 0 aromatic carbocycles. The molecule has 0 spiro atoms. The van der Waals surface area contributed by atoms with Crippen molar-refractivity contribution in [2.45, 2.75) is 38.3 Å². The first-order valence-corrected chi connectivity index (χ1v) is 5.94. The van der Waals surface area contributed by atoms with Gasteiger partial charge in [0, 0.05) is 31.7 Å². The number of fused-ring (bicyclic) bond motifs is 1. The van der Waals surface area contributed by atoms with Crippen LogP contribution in [0.25, 0.3) is 0 Å². The summed E-state index contributed by atoms with van der Waals surface area (Å²) < 4.78 is 0. The first-order chi connectivity index (χ1) is 6.85. The third kappa shape index (κ3) is 1.95. The first-order valence-electron chi connectivity index (χ1n) is 5.94. The van der Waals surface area contributed by atoms with Crippen LogP contribution in [0.4, 0.5) is 0 Å². The van der Waals surface area contributed by atoms with E-state index in [2.05, 4.69) is 16.7 Å². The van der Waals surface area contributed by atoms with Gasteiger partial charge in [0.25, 0.3) is 0 Å². The van der Waals surface area contributed by atoms with Crippen LogP contribution in [0.1, 0.15) is 26.2 Å². The van der Waals surface area contributed by atoms with Crippen LogP contribution in [-0.2, 0) is 0 Å². The summed E-state index contributed by atoms with van der Waals surface area (Å²) in [5.74, 6) is 0. The molecule has 2 atom stereocenters. The molecule has 3 nitrogen and oxygen atoms in total. The summed E-state index contributed by atoms with van der Waals surface area (Å²) in [6.45, 7) is 7.09. The Morgan fingerprint density at radius 1 is 1.36 bits per heavy atom. The number of nitrogens with zero attached hydrogens (tertiary/aromatic N) is 2. The molecule has 0 amide bonds. The van der Waals surface area contributed by atoms with E-state index in [1.807, 2.05) is 0 Å². The largest absolute Gasteiger partial charge is 0.395 e. The lowest BCUT2D eigenvalue weighted by atomic mass is 10.1. The van der Waals surface area contributed by atoms with Crippen LogP contribution < -0.4 is 0 Å². The van der Waals surface area contributed by atoms with Gasteiger partial charge in [-0.05, 0) is 25.8 Å². The van der Waals surface area contributed by atoms with E-state index in [9.17, 15) is 0 Å². The molecule has 0 saturated carbocycles. The molecule has 0 aliphatic carbocycles. The van der Waals surface area contributed by atoms with Gasteiger partial charge >= 0.3 is 0 Å². The van der Waals surface area contributed by atoms with Crippen molar-refractivity contribution >= 4 is 0 Å². The van der Waals surface area contributed by atoms with Crippen molar-refractivity contribution in [2.24, 2.45) is 0 Å². The maximum atomic E-state index is 8.96. The molecule has 2 fully saturated rings. The van der Waals surface area contributed by atoms with Crippen molar-refractivity contribution in [3.05, 3.63) is 0 Å². The first kappa shape index (κ1) is 10.4. The van der Waals surface area contributed by atoms with E-state index < -0.39 is 0 Å². The summed E-state index contributed by atoms with van der Waals surface area (Å²) in [5.41, 5.74) is 0. The summed E-state index contributed by atoms with van der Waals surface area (Å²) in [5, 5.41) is 8.96. The number of aliphatic hydroxyl groups excluding tert-OH is 1. The summed E-state index contributed by atoms with van der Waals surface area (Å²) >= 11 is 0. The van der Waals surface area contributed by atoms with Crippen LogP contribution in [0.5, 0.6) is 0 Å². The predicted octanol–water partition coefficient (Wildman–Crippen LogP) is 0.537. The van der Waals surface area contributed by atoms with Gasteiger partial charge in [-0.3, -0.25) is 9.80 Å². The SMILES string of the molecule is CCC1CN(CCO)CC2CCCN12. The molecule has 2 heterocycles. The van der Waals surface area contributed by atoms with Crippen LogP contribution >= 0.6 is 0 Å². The molecule has 0 bridgehead atoms. The second-order valence-corrected chi connectivity index (χ2v) is 4.58. The minimum absolute atomic E-state index is 0.309. The third-order valence-corrected chi connectivity index (χ3v) is 3.72. The number of rotatable bonds is 3. The molecule has 3 heteroatoms. The molecule has 82 valence electrons. The van der Waals surface area contributed by atoms with Gasteiger partial charge in [-0.25, -0.2) is 0 Å². The van der Waals surface area contributed by atoms with Crippen molar-refractivity contribution in [3.63, 3.8) is 0 Å². The second kappa shape index (κ2) is 4.60. The number of hydrogen-bond donors (Lipinski definition) is 1. The van der Waals surface area contributed by atoms with E-state index >= 15 is 0 Å². The zero-order valence-electron chi connectivity index (χ0n) is 9.15. The highest BCUT2D eigenvalue weighted by Gasteiger charge is 2.35. The van der Waals surface area contributed by atoms with E-state index in [-0.39, 0.29) is 0 Å². The van der Waals surface area contributed by atoms with Crippen LogP contribution in [0.2, 0.25) is 0 Å². The highest BCUT2D eigenvalue weighted by atomic mass is 16.3. The normalized spacial score (nSPS) is 34.7. The van der Waals surface area contributed by atoms with E-state index in [4.69, 9.17) is 5.11 Å². The molecule has 2 rings (SSSR count). The number of β-amino-alcohol motifs (C(OH)–C–C–N with tert-alkyl or cyclic N) is 1. The van der Waals surface area contributed by atoms with E-state index in [0.29, 0.717) is 6.61 Å². The molecule has 1 N–H and O–H groups in total. The highest BCUT2D eigenvalue weighted by molar-refractivity contribution is 4.92.